The third-order valence-corrected chi connectivity index (χ3v) is 3.63. The molecule has 0 radical (unpaired) electrons. The molecule has 100 valence electrons. The lowest BCUT2D eigenvalue weighted by Gasteiger charge is -2.29. The standard InChI is InChI=1S/C14H19F2NO/c1-17-13(8-10-4-2-5-10)11-6-3-7-12(9-11)18-14(15)16/h3,6-7,9-10,13-14,17H,2,4-5,8H2,1H3. The van der Waals surface area contributed by atoms with E-state index in [4.69, 9.17) is 0 Å². The Hall–Kier alpha value is -1.16. The van der Waals surface area contributed by atoms with Crippen molar-refractivity contribution in [2.24, 2.45) is 5.92 Å². The first-order valence-corrected chi connectivity index (χ1v) is 6.41. The summed E-state index contributed by atoms with van der Waals surface area (Å²) in [6, 6.07) is 7.20. The van der Waals surface area contributed by atoms with Gasteiger partial charge < -0.3 is 10.1 Å². The molecule has 1 unspecified atom stereocenters. The smallest absolute Gasteiger partial charge is 0.387 e. The molecule has 1 saturated carbocycles. The molecule has 1 aliphatic carbocycles. The van der Waals surface area contributed by atoms with Crippen molar-refractivity contribution in [1.29, 1.82) is 0 Å². The van der Waals surface area contributed by atoms with Crippen molar-refractivity contribution >= 4 is 0 Å². The summed E-state index contributed by atoms with van der Waals surface area (Å²) >= 11 is 0. The highest BCUT2D eigenvalue weighted by molar-refractivity contribution is 5.30. The third-order valence-electron chi connectivity index (χ3n) is 3.63. The molecule has 0 aliphatic heterocycles. The summed E-state index contributed by atoms with van der Waals surface area (Å²) in [7, 11) is 1.91. The summed E-state index contributed by atoms with van der Waals surface area (Å²) in [4.78, 5) is 0. The van der Waals surface area contributed by atoms with Gasteiger partial charge in [-0.05, 0) is 37.1 Å². The Balaban J connectivity index is 2.04. The van der Waals surface area contributed by atoms with Crippen LogP contribution in [0.25, 0.3) is 0 Å². The van der Waals surface area contributed by atoms with Crippen molar-refractivity contribution in [3.8, 4) is 5.75 Å². The average molecular weight is 255 g/mol. The van der Waals surface area contributed by atoms with Crippen LogP contribution in [-0.2, 0) is 0 Å². The van der Waals surface area contributed by atoms with Gasteiger partial charge in [0.15, 0.2) is 0 Å². The Morgan fingerprint density at radius 1 is 1.39 bits per heavy atom. The van der Waals surface area contributed by atoms with Crippen molar-refractivity contribution in [1.82, 2.24) is 5.32 Å². The van der Waals surface area contributed by atoms with E-state index in [0.717, 1.165) is 17.9 Å². The first-order chi connectivity index (χ1) is 8.69. The zero-order valence-corrected chi connectivity index (χ0v) is 10.5. The summed E-state index contributed by atoms with van der Waals surface area (Å²) in [5, 5.41) is 3.25. The highest BCUT2D eigenvalue weighted by atomic mass is 19.3. The van der Waals surface area contributed by atoms with Crippen molar-refractivity contribution in [2.45, 2.75) is 38.3 Å². The topological polar surface area (TPSA) is 21.3 Å². The van der Waals surface area contributed by atoms with Crippen LogP contribution in [0.4, 0.5) is 8.78 Å². The zero-order chi connectivity index (χ0) is 13.0. The van der Waals surface area contributed by atoms with Gasteiger partial charge in [-0.1, -0.05) is 31.4 Å². The van der Waals surface area contributed by atoms with Crippen LogP contribution >= 0.6 is 0 Å². The van der Waals surface area contributed by atoms with Gasteiger partial charge in [-0.2, -0.15) is 8.78 Å². The lowest BCUT2D eigenvalue weighted by Crippen LogP contribution is -2.23. The molecule has 1 atom stereocenters. The van der Waals surface area contributed by atoms with Crippen molar-refractivity contribution in [3.63, 3.8) is 0 Å². The molecule has 0 aromatic heterocycles. The molecular weight excluding hydrogens is 236 g/mol. The number of hydrogen-bond donors (Lipinski definition) is 1. The number of hydrogen-bond acceptors (Lipinski definition) is 2. The van der Waals surface area contributed by atoms with Crippen LogP contribution in [0.5, 0.6) is 5.75 Å². The second-order valence-electron chi connectivity index (χ2n) is 4.82. The fourth-order valence-electron chi connectivity index (χ4n) is 2.39. The van der Waals surface area contributed by atoms with E-state index >= 15 is 0 Å². The van der Waals surface area contributed by atoms with E-state index in [0.29, 0.717) is 0 Å². The summed E-state index contributed by atoms with van der Waals surface area (Å²) in [6.07, 6.45) is 4.95. The molecule has 1 fully saturated rings. The summed E-state index contributed by atoms with van der Waals surface area (Å²) < 4.78 is 28.8. The lowest BCUT2D eigenvalue weighted by atomic mass is 9.79. The first-order valence-electron chi connectivity index (χ1n) is 6.41. The van der Waals surface area contributed by atoms with Crippen LogP contribution in [0.1, 0.15) is 37.3 Å². The molecular formula is C14H19F2NO. The number of nitrogens with one attached hydrogen (secondary N) is 1. The average Bonchev–Trinajstić information content (AvgIpc) is 2.27. The normalized spacial score (nSPS) is 17.6. The second-order valence-corrected chi connectivity index (χ2v) is 4.82. The predicted octanol–water partition coefficient (Wildman–Crippen LogP) is 3.74. The van der Waals surface area contributed by atoms with E-state index in [-0.39, 0.29) is 11.8 Å². The molecule has 1 aromatic carbocycles. The Morgan fingerprint density at radius 3 is 2.72 bits per heavy atom. The van der Waals surface area contributed by atoms with Gasteiger partial charge in [0.1, 0.15) is 5.75 Å². The molecule has 1 aromatic rings. The Morgan fingerprint density at radius 2 is 2.17 bits per heavy atom. The van der Waals surface area contributed by atoms with Gasteiger partial charge in [0, 0.05) is 6.04 Å². The Bertz CT molecular complexity index is 380. The fourth-order valence-corrected chi connectivity index (χ4v) is 2.39. The molecule has 2 rings (SSSR count). The van der Waals surface area contributed by atoms with Gasteiger partial charge in [-0.15, -0.1) is 0 Å². The minimum atomic E-state index is -2.76. The molecule has 18 heavy (non-hydrogen) atoms. The summed E-state index contributed by atoms with van der Waals surface area (Å²) in [6.45, 7) is -2.76. The maximum Gasteiger partial charge on any atom is 0.387 e. The van der Waals surface area contributed by atoms with Crippen LogP contribution in [0, 0.1) is 5.92 Å². The number of halogens is 2. The van der Waals surface area contributed by atoms with Gasteiger partial charge in [0.2, 0.25) is 0 Å². The maximum atomic E-state index is 12.2. The third kappa shape index (κ3) is 3.42. The minimum absolute atomic E-state index is 0.219. The Kier molecular flexibility index (Phi) is 4.53. The van der Waals surface area contributed by atoms with Gasteiger partial charge in [-0.25, -0.2) is 0 Å². The van der Waals surface area contributed by atoms with E-state index in [2.05, 4.69) is 10.1 Å². The SMILES string of the molecule is CNC(CC1CCC1)c1cccc(OC(F)F)c1. The van der Waals surface area contributed by atoms with E-state index in [1.807, 2.05) is 13.1 Å². The molecule has 0 spiro atoms. The van der Waals surface area contributed by atoms with Crippen LogP contribution in [0.3, 0.4) is 0 Å². The molecule has 2 nitrogen and oxygen atoms in total. The first kappa shape index (κ1) is 13.3. The number of benzene rings is 1. The largest absolute Gasteiger partial charge is 0.435 e. The molecule has 0 amide bonds. The quantitative estimate of drug-likeness (QED) is 0.836. The van der Waals surface area contributed by atoms with Crippen molar-refractivity contribution < 1.29 is 13.5 Å². The molecule has 1 aliphatic rings. The van der Waals surface area contributed by atoms with Crippen LogP contribution in [0.2, 0.25) is 0 Å². The highest BCUT2D eigenvalue weighted by Gasteiger charge is 2.22. The minimum Gasteiger partial charge on any atom is -0.435 e. The number of ether oxygens (including phenoxy) is 1. The molecule has 0 saturated heterocycles. The predicted molar refractivity (Wildman–Crippen MR) is 66.8 cm³/mol. The van der Waals surface area contributed by atoms with Gasteiger partial charge >= 0.3 is 6.61 Å². The molecule has 1 N–H and O–H groups in total. The molecule has 4 heteroatoms. The van der Waals surface area contributed by atoms with Crippen LogP contribution in [-0.4, -0.2) is 13.7 Å². The second kappa shape index (κ2) is 6.14. The maximum absolute atomic E-state index is 12.2. The van der Waals surface area contributed by atoms with Crippen LogP contribution in [0.15, 0.2) is 24.3 Å². The summed E-state index contributed by atoms with van der Waals surface area (Å²) in [5.41, 5.74) is 1.02. The highest BCUT2D eigenvalue weighted by Crippen LogP contribution is 2.35. The van der Waals surface area contributed by atoms with Gasteiger partial charge in [-0.3, -0.25) is 0 Å². The van der Waals surface area contributed by atoms with Crippen LogP contribution < -0.4 is 10.1 Å². The van der Waals surface area contributed by atoms with E-state index in [1.165, 1.54) is 19.3 Å². The lowest BCUT2D eigenvalue weighted by molar-refractivity contribution is -0.0499. The van der Waals surface area contributed by atoms with Crippen molar-refractivity contribution in [3.05, 3.63) is 29.8 Å². The van der Waals surface area contributed by atoms with E-state index < -0.39 is 6.61 Å². The summed E-state index contributed by atoms with van der Waals surface area (Å²) in [5.74, 6) is 0.999. The van der Waals surface area contributed by atoms with Gasteiger partial charge in [0.25, 0.3) is 0 Å². The van der Waals surface area contributed by atoms with E-state index in [1.54, 1.807) is 18.2 Å². The monoisotopic (exact) mass is 255 g/mol. The Labute approximate surface area is 106 Å². The zero-order valence-electron chi connectivity index (χ0n) is 10.5. The fraction of sp³-hybridized carbons (Fsp3) is 0.571. The van der Waals surface area contributed by atoms with Crippen molar-refractivity contribution in [2.75, 3.05) is 7.05 Å². The number of rotatable bonds is 6. The van der Waals surface area contributed by atoms with E-state index in [9.17, 15) is 8.78 Å². The molecule has 0 heterocycles. The van der Waals surface area contributed by atoms with Gasteiger partial charge in [0.05, 0.1) is 0 Å². The molecule has 0 bridgehead atoms. The number of alkyl halides is 2.